The third-order valence-corrected chi connectivity index (χ3v) is 5.96. The first kappa shape index (κ1) is 17.4. The van der Waals surface area contributed by atoms with E-state index < -0.39 is 21.8 Å². The van der Waals surface area contributed by atoms with Crippen molar-refractivity contribution in [2.24, 2.45) is 12.8 Å². The van der Waals surface area contributed by atoms with Gasteiger partial charge in [-0.15, -0.1) is 0 Å². The lowest BCUT2D eigenvalue weighted by Crippen LogP contribution is -2.39. The van der Waals surface area contributed by atoms with Crippen LogP contribution < -0.4 is 10.6 Å². The molecule has 9 heteroatoms. The number of hydrogen-bond donors (Lipinski definition) is 1. The first-order valence-corrected chi connectivity index (χ1v) is 9.56. The van der Waals surface area contributed by atoms with Gasteiger partial charge in [-0.1, -0.05) is 24.3 Å². The van der Waals surface area contributed by atoms with Gasteiger partial charge in [0.2, 0.25) is 9.84 Å². The second-order valence-electron chi connectivity index (χ2n) is 6.14. The number of rotatable bonds is 3. The monoisotopic (exact) mass is 385 g/mol. The van der Waals surface area contributed by atoms with Crippen LogP contribution in [0.25, 0.3) is 6.08 Å². The van der Waals surface area contributed by atoms with Gasteiger partial charge in [0, 0.05) is 13.2 Å². The summed E-state index contributed by atoms with van der Waals surface area (Å²) in [6.45, 7) is 0. The Balaban J connectivity index is 1.93. The predicted molar refractivity (Wildman–Crippen MR) is 98.4 cm³/mol. The SMILES string of the molecule is Cn1cnc(N2C(S(=O)(=O)c3ccc(F)cn3)=Cc3ccccc3C2N)c1. The van der Waals surface area contributed by atoms with E-state index in [-0.39, 0.29) is 10.1 Å². The summed E-state index contributed by atoms with van der Waals surface area (Å²) in [7, 11) is -2.29. The smallest absolute Gasteiger partial charge is 0.239 e. The standard InChI is InChI=1S/C18H16FN5O2S/c1-23-10-15(22-11-23)24-17(8-12-4-2-3-5-14(12)18(24)20)27(25,26)16-7-6-13(19)9-21-16/h2-11,18H,20H2,1H3. The largest absolute Gasteiger partial charge is 0.338 e. The minimum absolute atomic E-state index is 0.0634. The highest BCUT2D eigenvalue weighted by Crippen LogP contribution is 2.38. The van der Waals surface area contributed by atoms with Gasteiger partial charge in [-0.2, -0.15) is 0 Å². The molecule has 3 heterocycles. The molecule has 3 aromatic rings. The van der Waals surface area contributed by atoms with Crippen LogP contribution in [-0.4, -0.2) is 23.0 Å². The Morgan fingerprint density at radius 1 is 1.15 bits per heavy atom. The van der Waals surface area contributed by atoms with E-state index in [9.17, 15) is 12.8 Å². The average molecular weight is 385 g/mol. The maximum Gasteiger partial charge on any atom is 0.239 e. The Bertz CT molecular complexity index is 1140. The Kier molecular flexibility index (Phi) is 4.05. The summed E-state index contributed by atoms with van der Waals surface area (Å²) in [6.07, 6.45) is 4.88. The molecule has 1 aliphatic rings. The molecule has 27 heavy (non-hydrogen) atoms. The summed E-state index contributed by atoms with van der Waals surface area (Å²) in [6, 6.07) is 9.46. The molecule has 0 bridgehead atoms. The molecule has 1 atom stereocenters. The van der Waals surface area contributed by atoms with Gasteiger partial charge in [0.05, 0.1) is 12.5 Å². The number of hydrogen-bond acceptors (Lipinski definition) is 6. The lowest BCUT2D eigenvalue weighted by Gasteiger charge is -2.35. The van der Waals surface area contributed by atoms with Gasteiger partial charge in [0.15, 0.2) is 10.8 Å². The van der Waals surface area contributed by atoms with Gasteiger partial charge in [-0.25, -0.2) is 22.8 Å². The fraction of sp³-hybridized carbons (Fsp3) is 0.111. The van der Waals surface area contributed by atoms with E-state index in [1.807, 2.05) is 12.1 Å². The average Bonchev–Trinajstić information content (AvgIpc) is 3.08. The van der Waals surface area contributed by atoms with Crippen LogP contribution in [-0.2, 0) is 16.9 Å². The summed E-state index contributed by atoms with van der Waals surface area (Å²) >= 11 is 0. The topological polar surface area (TPSA) is 94.1 Å². The number of aromatic nitrogens is 3. The van der Waals surface area contributed by atoms with E-state index in [4.69, 9.17) is 5.73 Å². The van der Waals surface area contributed by atoms with E-state index in [2.05, 4.69) is 9.97 Å². The van der Waals surface area contributed by atoms with Gasteiger partial charge >= 0.3 is 0 Å². The Morgan fingerprint density at radius 3 is 2.59 bits per heavy atom. The van der Waals surface area contributed by atoms with Crippen LogP contribution in [0.4, 0.5) is 10.2 Å². The van der Waals surface area contributed by atoms with Gasteiger partial charge in [-0.05, 0) is 29.3 Å². The van der Waals surface area contributed by atoms with Crippen molar-refractivity contribution in [2.45, 2.75) is 11.2 Å². The number of sulfone groups is 1. The lowest BCUT2D eigenvalue weighted by atomic mass is 10.0. The number of nitrogens with two attached hydrogens (primary N) is 1. The van der Waals surface area contributed by atoms with Crippen LogP contribution in [0.2, 0.25) is 0 Å². The van der Waals surface area contributed by atoms with Crippen LogP contribution in [0.15, 0.2) is 65.2 Å². The summed E-state index contributed by atoms with van der Waals surface area (Å²) in [5.74, 6) is -0.230. The summed E-state index contributed by atoms with van der Waals surface area (Å²) in [4.78, 5) is 9.45. The molecule has 1 unspecified atom stereocenters. The number of benzene rings is 1. The zero-order valence-electron chi connectivity index (χ0n) is 14.3. The van der Waals surface area contributed by atoms with E-state index in [1.54, 1.807) is 36.3 Å². The molecule has 0 saturated carbocycles. The van der Waals surface area contributed by atoms with Crippen LogP contribution in [0.5, 0.6) is 0 Å². The summed E-state index contributed by atoms with van der Waals surface area (Å²) < 4.78 is 41.4. The molecule has 0 spiro atoms. The zero-order chi connectivity index (χ0) is 19.2. The molecule has 0 fully saturated rings. The van der Waals surface area contributed by atoms with Crippen molar-refractivity contribution in [1.82, 2.24) is 14.5 Å². The van der Waals surface area contributed by atoms with Crippen LogP contribution >= 0.6 is 0 Å². The normalized spacial score (nSPS) is 16.8. The number of fused-ring (bicyclic) bond motifs is 1. The van der Waals surface area contributed by atoms with Crippen molar-refractivity contribution in [2.75, 3.05) is 4.90 Å². The van der Waals surface area contributed by atoms with E-state index in [1.165, 1.54) is 11.0 Å². The van der Waals surface area contributed by atoms with Gasteiger partial charge in [0.25, 0.3) is 0 Å². The van der Waals surface area contributed by atoms with Gasteiger partial charge < -0.3 is 10.3 Å². The minimum Gasteiger partial charge on any atom is -0.338 e. The maximum atomic E-state index is 13.3. The third kappa shape index (κ3) is 2.90. The molecule has 7 nitrogen and oxygen atoms in total. The zero-order valence-corrected chi connectivity index (χ0v) is 15.1. The van der Waals surface area contributed by atoms with Crippen LogP contribution in [0.1, 0.15) is 17.3 Å². The minimum atomic E-state index is -4.06. The Labute approximate surface area is 155 Å². The molecule has 2 N–H and O–H groups in total. The van der Waals surface area contributed by atoms with Gasteiger partial charge in [0.1, 0.15) is 17.0 Å². The molecule has 1 aliphatic heterocycles. The molecule has 0 saturated heterocycles. The fourth-order valence-electron chi connectivity index (χ4n) is 3.00. The highest BCUT2D eigenvalue weighted by molar-refractivity contribution is 7.95. The fourth-order valence-corrected chi connectivity index (χ4v) is 4.41. The molecule has 0 radical (unpaired) electrons. The van der Waals surface area contributed by atoms with Crippen molar-refractivity contribution in [1.29, 1.82) is 0 Å². The number of imidazole rings is 1. The van der Waals surface area contributed by atoms with Gasteiger partial charge in [-0.3, -0.25) is 4.90 Å². The highest BCUT2D eigenvalue weighted by atomic mass is 32.2. The van der Waals surface area contributed by atoms with E-state index in [0.29, 0.717) is 11.4 Å². The van der Waals surface area contributed by atoms with E-state index in [0.717, 1.165) is 23.9 Å². The lowest BCUT2D eigenvalue weighted by molar-refractivity contribution is 0.587. The summed E-state index contributed by atoms with van der Waals surface area (Å²) in [5, 5.41) is -0.325. The number of anilines is 1. The molecule has 2 aromatic heterocycles. The number of aryl methyl sites for hydroxylation is 1. The first-order valence-electron chi connectivity index (χ1n) is 8.08. The molecular formula is C18H16FN5O2S. The molecule has 0 aliphatic carbocycles. The quantitative estimate of drug-likeness (QED) is 0.743. The van der Waals surface area contributed by atoms with Crippen LogP contribution in [0, 0.1) is 5.82 Å². The number of pyridine rings is 1. The van der Waals surface area contributed by atoms with Crippen molar-refractivity contribution in [3.8, 4) is 0 Å². The second-order valence-corrected chi connectivity index (χ2v) is 7.99. The molecular weight excluding hydrogens is 369 g/mol. The van der Waals surface area contributed by atoms with Crippen molar-refractivity contribution in [3.63, 3.8) is 0 Å². The molecule has 0 amide bonds. The second kappa shape index (κ2) is 6.29. The molecule has 4 rings (SSSR count). The molecule has 138 valence electrons. The number of halogens is 1. The number of nitrogens with zero attached hydrogens (tertiary/aromatic N) is 4. The van der Waals surface area contributed by atoms with Crippen LogP contribution in [0.3, 0.4) is 0 Å². The predicted octanol–water partition coefficient (Wildman–Crippen LogP) is 2.20. The highest BCUT2D eigenvalue weighted by Gasteiger charge is 2.36. The Hall–Kier alpha value is -3.04. The third-order valence-electron chi connectivity index (χ3n) is 4.30. The first-order chi connectivity index (χ1) is 12.9. The van der Waals surface area contributed by atoms with E-state index >= 15 is 0 Å². The maximum absolute atomic E-state index is 13.3. The molecule has 1 aromatic carbocycles. The Morgan fingerprint density at radius 2 is 1.93 bits per heavy atom. The van der Waals surface area contributed by atoms with Crippen molar-refractivity contribution < 1.29 is 12.8 Å². The van der Waals surface area contributed by atoms with Crippen molar-refractivity contribution >= 4 is 21.7 Å². The summed E-state index contributed by atoms with van der Waals surface area (Å²) in [5.41, 5.74) is 7.88. The van der Waals surface area contributed by atoms with Crippen molar-refractivity contribution in [3.05, 3.63) is 77.1 Å².